The van der Waals surface area contributed by atoms with Gasteiger partial charge < -0.3 is 11.1 Å². The van der Waals surface area contributed by atoms with Gasteiger partial charge in [-0.1, -0.05) is 12.1 Å². The van der Waals surface area contributed by atoms with E-state index in [0.29, 0.717) is 11.3 Å². The minimum absolute atomic E-state index is 0.0973. The summed E-state index contributed by atoms with van der Waals surface area (Å²) in [7, 11) is 0. The molecule has 2 aromatic rings. The molecular formula is C15H14N4O3. The van der Waals surface area contributed by atoms with Gasteiger partial charge in [-0.2, -0.15) is 0 Å². The van der Waals surface area contributed by atoms with E-state index < -0.39 is 11.9 Å². The van der Waals surface area contributed by atoms with Gasteiger partial charge in [-0.3, -0.25) is 14.9 Å². The Morgan fingerprint density at radius 3 is 2.50 bits per heavy atom. The SMILES string of the molecule is CC(=O)c1cccc(NC(=O)Nc2cc(C(N)=O)ccn2)c1. The smallest absolute Gasteiger partial charge is 0.324 e. The highest BCUT2D eigenvalue weighted by Gasteiger charge is 2.07. The fourth-order valence-corrected chi connectivity index (χ4v) is 1.75. The molecule has 3 amide bonds. The van der Waals surface area contributed by atoms with Crippen molar-refractivity contribution in [3.8, 4) is 0 Å². The van der Waals surface area contributed by atoms with E-state index in [-0.39, 0.29) is 17.2 Å². The summed E-state index contributed by atoms with van der Waals surface area (Å²) in [6, 6.07) is 8.81. The number of hydrogen-bond acceptors (Lipinski definition) is 4. The van der Waals surface area contributed by atoms with Crippen LogP contribution in [0, 0.1) is 0 Å². The summed E-state index contributed by atoms with van der Waals surface area (Å²) in [4.78, 5) is 38.2. The number of hydrogen-bond donors (Lipinski definition) is 3. The number of nitrogens with one attached hydrogen (secondary N) is 2. The summed E-state index contributed by atoms with van der Waals surface area (Å²) < 4.78 is 0. The molecule has 0 atom stereocenters. The van der Waals surface area contributed by atoms with Crippen LogP contribution < -0.4 is 16.4 Å². The average molecular weight is 298 g/mol. The molecule has 0 aliphatic carbocycles. The van der Waals surface area contributed by atoms with Gasteiger partial charge >= 0.3 is 6.03 Å². The second-order valence-corrected chi connectivity index (χ2v) is 4.51. The van der Waals surface area contributed by atoms with Crippen LogP contribution in [0.1, 0.15) is 27.6 Å². The maximum Gasteiger partial charge on any atom is 0.324 e. The Labute approximate surface area is 126 Å². The van der Waals surface area contributed by atoms with Gasteiger partial charge in [0.2, 0.25) is 5.91 Å². The highest BCUT2D eigenvalue weighted by Crippen LogP contribution is 2.12. The van der Waals surface area contributed by atoms with Crippen molar-refractivity contribution in [3.05, 3.63) is 53.7 Å². The Morgan fingerprint density at radius 1 is 1.05 bits per heavy atom. The number of rotatable bonds is 4. The lowest BCUT2D eigenvalue weighted by Gasteiger charge is -2.08. The first-order valence-corrected chi connectivity index (χ1v) is 6.40. The van der Waals surface area contributed by atoms with E-state index in [1.54, 1.807) is 24.3 Å². The third-order valence-electron chi connectivity index (χ3n) is 2.81. The maximum absolute atomic E-state index is 11.9. The fourth-order valence-electron chi connectivity index (χ4n) is 1.75. The number of carbonyl (C=O) groups excluding carboxylic acids is 3. The second kappa shape index (κ2) is 6.49. The van der Waals surface area contributed by atoms with Crippen LogP contribution in [0.25, 0.3) is 0 Å². The zero-order valence-electron chi connectivity index (χ0n) is 11.8. The minimum Gasteiger partial charge on any atom is -0.366 e. The summed E-state index contributed by atoms with van der Waals surface area (Å²) in [6.07, 6.45) is 1.37. The molecule has 112 valence electrons. The highest BCUT2D eigenvalue weighted by atomic mass is 16.2. The topological polar surface area (TPSA) is 114 Å². The molecule has 0 saturated carbocycles. The minimum atomic E-state index is -0.611. The summed E-state index contributed by atoms with van der Waals surface area (Å²) in [5.41, 5.74) is 6.36. The number of pyridine rings is 1. The van der Waals surface area contributed by atoms with Crippen molar-refractivity contribution in [1.82, 2.24) is 4.98 Å². The van der Waals surface area contributed by atoms with Crippen LogP contribution in [-0.4, -0.2) is 22.7 Å². The van der Waals surface area contributed by atoms with E-state index in [1.807, 2.05) is 0 Å². The van der Waals surface area contributed by atoms with E-state index in [0.717, 1.165) is 0 Å². The summed E-state index contributed by atoms with van der Waals surface area (Å²) in [5.74, 6) is -0.517. The third-order valence-corrected chi connectivity index (χ3v) is 2.81. The standard InChI is InChI=1S/C15H14N4O3/c1-9(20)10-3-2-4-12(7-10)18-15(22)19-13-8-11(14(16)21)5-6-17-13/h2-8H,1H3,(H2,16,21)(H2,17,18,19,22). The second-order valence-electron chi connectivity index (χ2n) is 4.51. The molecule has 7 heteroatoms. The number of amides is 3. The van der Waals surface area contributed by atoms with Gasteiger partial charge in [0, 0.05) is 23.0 Å². The van der Waals surface area contributed by atoms with Crippen LogP contribution in [0.5, 0.6) is 0 Å². The Morgan fingerprint density at radius 2 is 1.82 bits per heavy atom. The summed E-state index contributed by atoms with van der Waals surface area (Å²) >= 11 is 0. The van der Waals surface area contributed by atoms with Gasteiger partial charge in [0.05, 0.1) is 0 Å². The Balaban J connectivity index is 2.07. The number of nitrogens with zero attached hydrogens (tertiary/aromatic N) is 1. The maximum atomic E-state index is 11.9. The first kappa shape index (κ1) is 15.2. The number of benzene rings is 1. The lowest BCUT2D eigenvalue weighted by molar-refractivity contribution is 0.0996. The Kier molecular flexibility index (Phi) is 4.47. The largest absolute Gasteiger partial charge is 0.366 e. The van der Waals surface area contributed by atoms with Crippen molar-refractivity contribution < 1.29 is 14.4 Å². The molecule has 0 aliphatic heterocycles. The average Bonchev–Trinajstić information content (AvgIpc) is 2.47. The molecule has 0 aliphatic rings. The molecule has 0 bridgehead atoms. The third kappa shape index (κ3) is 3.89. The van der Waals surface area contributed by atoms with E-state index in [2.05, 4.69) is 15.6 Å². The van der Waals surface area contributed by atoms with Crippen molar-refractivity contribution in [2.45, 2.75) is 6.92 Å². The molecule has 0 unspecified atom stereocenters. The van der Waals surface area contributed by atoms with Crippen molar-refractivity contribution in [3.63, 3.8) is 0 Å². The van der Waals surface area contributed by atoms with Crippen molar-refractivity contribution in [2.24, 2.45) is 5.73 Å². The van der Waals surface area contributed by atoms with E-state index in [1.165, 1.54) is 25.3 Å². The first-order valence-electron chi connectivity index (χ1n) is 6.40. The predicted molar refractivity (Wildman–Crippen MR) is 81.8 cm³/mol. The number of carbonyl (C=O) groups is 3. The molecule has 2 rings (SSSR count). The summed E-state index contributed by atoms with van der Waals surface area (Å²) in [5, 5.41) is 5.06. The lowest BCUT2D eigenvalue weighted by atomic mass is 10.1. The van der Waals surface area contributed by atoms with Crippen molar-refractivity contribution in [1.29, 1.82) is 0 Å². The van der Waals surface area contributed by atoms with Gasteiger partial charge in [0.15, 0.2) is 5.78 Å². The van der Waals surface area contributed by atoms with Crippen LogP contribution in [0.2, 0.25) is 0 Å². The molecule has 7 nitrogen and oxygen atoms in total. The van der Waals surface area contributed by atoms with Gasteiger partial charge in [-0.15, -0.1) is 0 Å². The lowest BCUT2D eigenvalue weighted by Crippen LogP contribution is -2.21. The van der Waals surface area contributed by atoms with Crippen LogP contribution in [-0.2, 0) is 0 Å². The van der Waals surface area contributed by atoms with E-state index in [9.17, 15) is 14.4 Å². The number of primary amides is 1. The van der Waals surface area contributed by atoms with Gasteiger partial charge in [-0.05, 0) is 31.2 Å². The Hall–Kier alpha value is -3.22. The molecule has 22 heavy (non-hydrogen) atoms. The molecule has 0 fully saturated rings. The fraction of sp³-hybridized carbons (Fsp3) is 0.0667. The number of nitrogens with two attached hydrogens (primary N) is 1. The predicted octanol–water partition coefficient (Wildman–Crippen LogP) is 2.03. The normalized spacial score (nSPS) is 9.86. The number of urea groups is 1. The molecule has 1 aromatic carbocycles. The van der Waals surface area contributed by atoms with Crippen molar-refractivity contribution >= 4 is 29.2 Å². The number of aromatic nitrogens is 1. The zero-order valence-corrected chi connectivity index (χ0v) is 11.8. The van der Waals surface area contributed by atoms with E-state index >= 15 is 0 Å². The van der Waals surface area contributed by atoms with Crippen LogP contribution in [0.15, 0.2) is 42.6 Å². The first-order chi connectivity index (χ1) is 10.5. The van der Waals surface area contributed by atoms with Gasteiger partial charge in [0.25, 0.3) is 0 Å². The molecule has 0 saturated heterocycles. The van der Waals surface area contributed by atoms with E-state index in [4.69, 9.17) is 5.73 Å². The quantitative estimate of drug-likeness (QED) is 0.749. The number of ketones is 1. The van der Waals surface area contributed by atoms with Gasteiger partial charge in [-0.25, -0.2) is 9.78 Å². The molecule has 0 spiro atoms. The van der Waals surface area contributed by atoms with Gasteiger partial charge in [0.1, 0.15) is 5.82 Å². The molecular weight excluding hydrogens is 284 g/mol. The van der Waals surface area contributed by atoms with Crippen LogP contribution in [0.3, 0.4) is 0 Å². The monoisotopic (exact) mass is 298 g/mol. The van der Waals surface area contributed by atoms with Crippen LogP contribution in [0.4, 0.5) is 16.3 Å². The van der Waals surface area contributed by atoms with Crippen molar-refractivity contribution in [2.75, 3.05) is 10.6 Å². The molecule has 0 radical (unpaired) electrons. The Bertz CT molecular complexity index is 682. The number of Topliss-reactive ketones (excluding diaryl/α,β-unsaturated/α-hetero) is 1. The molecule has 4 N–H and O–H groups in total. The number of anilines is 2. The van der Waals surface area contributed by atoms with Crippen LogP contribution >= 0.6 is 0 Å². The molecule has 1 heterocycles. The zero-order chi connectivity index (χ0) is 16.1. The summed E-state index contributed by atoms with van der Waals surface area (Å²) in [6.45, 7) is 1.44. The highest BCUT2D eigenvalue weighted by molar-refractivity contribution is 6.01. The molecule has 1 aromatic heterocycles.